The second kappa shape index (κ2) is 9.43. The summed E-state index contributed by atoms with van der Waals surface area (Å²) < 4.78 is 0. The van der Waals surface area contributed by atoms with Crippen LogP contribution in [0.2, 0.25) is 0 Å². The Morgan fingerprint density at radius 2 is 1.57 bits per heavy atom. The van der Waals surface area contributed by atoms with Gasteiger partial charge in [0.1, 0.15) is 11.6 Å². The van der Waals surface area contributed by atoms with Crippen molar-refractivity contribution in [3.8, 4) is 11.3 Å². The molecule has 0 aliphatic rings. The van der Waals surface area contributed by atoms with Gasteiger partial charge in [0.15, 0.2) is 0 Å². The van der Waals surface area contributed by atoms with Gasteiger partial charge >= 0.3 is 0 Å². The van der Waals surface area contributed by atoms with Gasteiger partial charge < -0.3 is 10.6 Å². The molecule has 0 atom stereocenters. The van der Waals surface area contributed by atoms with Gasteiger partial charge in [-0.3, -0.25) is 9.78 Å². The van der Waals surface area contributed by atoms with E-state index in [1.54, 1.807) is 30.6 Å². The molecule has 4 rings (SSSR count). The van der Waals surface area contributed by atoms with E-state index in [4.69, 9.17) is 4.98 Å². The number of carbonyl (C=O) groups excluding carboxylic acids is 1. The summed E-state index contributed by atoms with van der Waals surface area (Å²) in [5.74, 6) is 0.760. The van der Waals surface area contributed by atoms with E-state index in [2.05, 4.69) is 20.6 Å². The third-order valence-corrected chi connectivity index (χ3v) is 4.52. The molecule has 6 nitrogen and oxygen atoms in total. The van der Waals surface area contributed by atoms with E-state index in [-0.39, 0.29) is 5.91 Å². The first kappa shape index (κ1) is 19.3. The molecule has 0 aliphatic carbocycles. The van der Waals surface area contributed by atoms with Gasteiger partial charge in [-0.25, -0.2) is 9.97 Å². The zero-order valence-corrected chi connectivity index (χ0v) is 16.3. The standard InChI is InChI=1S/C24H21N5O/c30-24(29-22-11-5-7-16-26-22)20-12-13-21(18-8-2-1-3-9-18)28-23(20)27-17-14-19-10-4-6-15-25-19/h1-13,15-16H,14,17H2,(H,27,28)(H,26,29,30). The molecule has 30 heavy (non-hydrogen) atoms. The monoisotopic (exact) mass is 395 g/mol. The Kier molecular flexibility index (Phi) is 6.05. The second-order valence-corrected chi connectivity index (χ2v) is 6.63. The maximum Gasteiger partial charge on any atom is 0.260 e. The lowest BCUT2D eigenvalue weighted by Gasteiger charge is -2.13. The summed E-state index contributed by atoms with van der Waals surface area (Å²) in [6.07, 6.45) is 4.13. The number of pyridine rings is 3. The Bertz CT molecular complexity index is 1100. The second-order valence-electron chi connectivity index (χ2n) is 6.63. The van der Waals surface area contributed by atoms with Crippen LogP contribution in [-0.4, -0.2) is 27.4 Å². The lowest BCUT2D eigenvalue weighted by atomic mass is 10.1. The Morgan fingerprint density at radius 3 is 2.30 bits per heavy atom. The molecule has 0 unspecified atom stereocenters. The number of nitrogens with one attached hydrogen (secondary N) is 2. The van der Waals surface area contributed by atoms with Crippen LogP contribution >= 0.6 is 0 Å². The van der Waals surface area contributed by atoms with Crippen molar-refractivity contribution in [3.63, 3.8) is 0 Å². The molecule has 1 amide bonds. The summed E-state index contributed by atoms with van der Waals surface area (Å²) in [5.41, 5.74) is 3.22. The van der Waals surface area contributed by atoms with E-state index in [1.165, 1.54) is 0 Å². The smallest absolute Gasteiger partial charge is 0.260 e. The summed E-state index contributed by atoms with van der Waals surface area (Å²) in [6.45, 7) is 0.603. The average Bonchev–Trinajstić information content (AvgIpc) is 2.81. The van der Waals surface area contributed by atoms with Crippen LogP contribution in [0.4, 0.5) is 11.6 Å². The maximum absolute atomic E-state index is 12.9. The average molecular weight is 395 g/mol. The van der Waals surface area contributed by atoms with E-state index in [9.17, 15) is 4.79 Å². The quantitative estimate of drug-likeness (QED) is 0.483. The number of nitrogens with zero attached hydrogens (tertiary/aromatic N) is 3. The van der Waals surface area contributed by atoms with Crippen LogP contribution in [0.5, 0.6) is 0 Å². The fraction of sp³-hybridized carbons (Fsp3) is 0.0833. The SMILES string of the molecule is O=C(Nc1ccccn1)c1ccc(-c2ccccc2)nc1NCCc1ccccn1. The first-order chi connectivity index (χ1) is 14.8. The highest BCUT2D eigenvalue weighted by Gasteiger charge is 2.15. The highest BCUT2D eigenvalue weighted by molar-refractivity contribution is 6.07. The summed E-state index contributed by atoms with van der Waals surface area (Å²) in [4.78, 5) is 26.1. The molecule has 0 bridgehead atoms. The molecule has 3 aromatic heterocycles. The van der Waals surface area contributed by atoms with Crippen LogP contribution in [0.1, 0.15) is 16.1 Å². The van der Waals surface area contributed by atoms with Crippen molar-refractivity contribution < 1.29 is 4.79 Å². The molecule has 6 heteroatoms. The molecule has 0 saturated carbocycles. The van der Waals surface area contributed by atoms with Crippen molar-refractivity contribution in [2.45, 2.75) is 6.42 Å². The van der Waals surface area contributed by atoms with E-state index in [1.807, 2.05) is 60.7 Å². The predicted octanol–water partition coefficient (Wildman–Crippen LogP) is 4.45. The van der Waals surface area contributed by atoms with Crippen molar-refractivity contribution in [2.24, 2.45) is 0 Å². The summed E-state index contributed by atoms with van der Waals surface area (Å²) in [5, 5.41) is 6.13. The fourth-order valence-electron chi connectivity index (χ4n) is 3.02. The zero-order chi connectivity index (χ0) is 20.6. The van der Waals surface area contributed by atoms with E-state index in [0.29, 0.717) is 23.7 Å². The molecule has 148 valence electrons. The predicted molar refractivity (Wildman–Crippen MR) is 118 cm³/mol. The molecule has 4 aromatic rings. The number of anilines is 2. The number of rotatable bonds is 7. The highest BCUT2D eigenvalue weighted by atomic mass is 16.1. The lowest BCUT2D eigenvalue weighted by molar-refractivity contribution is 0.102. The molecule has 0 radical (unpaired) electrons. The molecule has 0 saturated heterocycles. The Hall–Kier alpha value is -4.06. The first-order valence-electron chi connectivity index (χ1n) is 9.72. The van der Waals surface area contributed by atoms with E-state index >= 15 is 0 Å². The zero-order valence-electron chi connectivity index (χ0n) is 16.3. The summed E-state index contributed by atoms with van der Waals surface area (Å²) >= 11 is 0. The Morgan fingerprint density at radius 1 is 0.800 bits per heavy atom. The van der Waals surface area contributed by atoms with Gasteiger partial charge in [-0.15, -0.1) is 0 Å². The van der Waals surface area contributed by atoms with Crippen molar-refractivity contribution >= 4 is 17.5 Å². The van der Waals surface area contributed by atoms with Crippen LogP contribution in [0.3, 0.4) is 0 Å². The number of carbonyl (C=O) groups is 1. The van der Waals surface area contributed by atoms with Gasteiger partial charge in [-0.1, -0.05) is 42.5 Å². The molecule has 3 heterocycles. The van der Waals surface area contributed by atoms with Gasteiger partial charge in [-0.2, -0.15) is 0 Å². The summed E-state index contributed by atoms with van der Waals surface area (Å²) in [6, 6.07) is 24.7. The number of amides is 1. The van der Waals surface area contributed by atoms with E-state index in [0.717, 1.165) is 23.4 Å². The normalized spacial score (nSPS) is 10.4. The van der Waals surface area contributed by atoms with Gasteiger partial charge in [-0.05, 0) is 36.4 Å². The number of hydrogen-bond donors (Lipinski definition) is 2. The molecular weight excluding hydrogens is 374 g/mol. The third-order valence-electron chi connectivity index (χ3n) is 4.52. The molecular formula is C24H21N5O. The summed E-state index contributed by atoms with van der Waals surface area (Å²) in [7, 11) is 0. The van der Waals surface area contributed by atoms with Gasteiger partial charge in [0.2, 0.25) is 0 Å². The van der Waals surface area contributed by atoms with Gasteiger partial charge in [0, 0.05) is 36.6 Å². The minimum Gasteiger partial charge on any atom is -0.369 e. The van der Waals surface area contributed by atoms with E-state index < -0.39 is 0 Å². The molecule has 0 fully saturated rings. The van der Waals surface area contributed by atoms with Crippen LogP contribution in [0.25, 0.3) is 11.3 Å². The fourth-order valence-corrected chi connectivity index (χ4v) is 3.02. The lowest BCUT2D eigenvalue weighted by Crippen LogP contribution is -2.17. The first-order valence-corrected chi connectivity index (χ1v) is 9.72. The largest absolute Gasteiger partial charge is 0.369 e. The van der Waals surface area contributed by atoms with Gasteiger partial charge in [0.25, 0.3) is 5.91 Å². The number of aromatic nitrogens is 3. The Labute approximate surface area is 175 Å². The minimum atomic E-state index is -0.263. The van der Waals surface area contributed by atoms with Crippen LogP contribution in [0, 0.1) is 0 Å². The van der Waals surface area contributed by atoms with Crippen molar-refractivity contribution in [3.05, 3.63) is 103 Å². The molecule has 2 N–H and O–H groups in total. The molecule has 1 aromatic carbocycles. The van der Waals surface area contributed by atoms with Crippen LogP contribution in [-0.2, 0) is 6.42 Å². The highest BCUT2D eigenvalue weighted by Crippen LogP contribution is 2.22. The molecule has 0 aliphatic heterocycles. The van der Waals surface area contributed by atoms with Crippen molar-refractivity contribution in [1.82, 2.24) is 15.0 Å². The molecule has 0 spiro atoms. The van der Waals surface area contributed by atoms with Gasteiger partial charge in [0.05, 0.1) is 11.3 Å². The van der Waals surface area contributed by atoms with Crippen LogP contribution < -0.4 is 10.6 Å². The maximum atomic E-state index is 12.9. The van der Waals surface area contributed by atoms with Crippen molar-refractivity contribution in [2.75, 3.05) is 17.2 Å². The number of hydrogen-bond acceptors (Lipinski definition) is 5. The van der Waals surface area contributed by atoms with Crippen LogP contribution in [0.15, 0.2) is 91.3 Å². The Balaban J connectivity index is 1.58. The minimum absolute atomic E-state index is 0.263. The topological polar surface area (TPSA) is 79.8 Å². The van der Waals surface area contributed by atoms with Crippen molar-refractivity contribution in [1.29, 1.82) is 0 Å². The third kappa shape index (κ3) is 4.86. The number of benzene rings is 1.